The summed E-state index contributed by atoms with van der Waals surface area (Å²) in [6.07, 6.45) is 10.7. The maximum atomic E-state index is 6.09. The highest BCUT2D eigenvalue weighted by Crippen LogP contribution is 2.40. The molecule has 0 radical (unpaired) electrons. The Balaban J connectivity index is 1.64. The SMILES string of the molecule is CC(C)[C@H]1CC[C@H](c2cccc(C(C)[C@H]3CC[C@H](N)CC3)c2)CC1. The third-order valence-corrected chi connectivity index (χ3v) is 7.15. The van der Waals surface area contributed by atoms with Crippen LogP contribution in [0.3, 0.4) is 0 Å². The smallest absolute Gasteiger partial charge is 0.00390 e. The van der Waals surface area contributed by atoms with Gasteiger partial charge >= 0.3 is 0 Å². The Labute approximate surface area is 149 Å². The predicted octanol–water partition coefficient (Wildman–Crippen LogP) is 6.24. The van der Waals surface area contributed by atoms with Crippen molar-refractivity contribution in [1.29, 1.82) is 0 Å². The van der Waals surface area contributed by atoms with Crippen LogP contribution < -0.4 is 5.73 Å². The molecule has 1 aromatic carbocycles. The molecule has 0 aromatic heterocycles. The average molecular weight is 328 g/mol. The largest absolute Gasteiger partial charge is 0.328 e. The molecule has 3 rings (SSSR count). The van der Waals surface area contributed by atoms with E-state index in [0.717, 1.165) is 23.7 Å². The number of benzene rings is 1. The fraction of sp³-hybridized carbons (Fsp3) is 0.739. The molecule has 1 heteroatoms. The molecule has 1 nitrogen and oxygen atoms in total. The Bertz CT molecular complexity index is 505. The van der Waals surface area contributed by atoms with Crippen LogP contribution in [0.1, 0.15) is 95.1 Å². The Morgan fingerprint density at radius 3 is 2.08 bits per heavy atom. The van der Waals surface area contributed by atoms with Crippen molar-refractivity contribution in [2.75, 3.05) is 0 Å². The normalized spacial score (nSPS) is 32.7. The fourth-order valence-corrected chi connectivity index (χ4v) is 5.13. The standard InChI is InChI=1S/C23H37N/c1-16(2)18-7-9-20(10-8-18)22-6-4-5-21(15-22)17(3)19-11-13-23(24)14-12-19/h4-6,15-20,23H,7-14,24H2,1-3H3/t17?,18-,19-,20-,23-. The van der Waals surface area contributed by atoms with Crippen molar-refractivity contribution in [3.05, 3.63) is 35.4 Å². The van der Waals surface area contributed by atoms with Gasteiger partial charge in [0.15, 0.2) is 0 Å². The van der Waals surface area contributed by atoms with Crippen molar-refractivity contribution < 1.29 is 0 Å². The molecule has 2 aliphatic rings. The summed E-state index contributed by atoms with van der Waals surface area (Å²) in [4.78, 5) is 0. The van der Waals surface area contributed by atoms with Gasteiger partial charge < -0.3 is 5.73 Å². The summed E-state index contributed by atoms with van der Waals surface area (Å²) >= 11 is 0. The lowest BCUT2D eigenvalue weighted by Gasteiger charge is -2.33. The van der Waals surface area contributed by atoms with Crippen molar-refractivity contribution in [3.63, 3.8) is 0 Å². The van der Waals surface area contributed by atoms with E-state index in [1.54, 1.807) is 11.1 Å². The number of nitrogens with two attached hydrogens (primary N) is 1. The number of hydrogen-bond donors (Lipinski definition) is 1. The van der Waals surface area contributed by atoms with Gasteiger partial charge in [-0.1, -0.05) is 45.0 Å². The zero-order valence-corrected chi connectivity index (χ0v) is 16.0. The average Bonchev–Trinajstić information content (AvgIpc) is 2.62. The summed E-state index contributed by atoms with van der Waals surface area (Å²) in [5.74, 6) is 4.12. The van der Waals surface area contributed by atoms with Gasteiger partial charge in [-0.15, -0.1) is 0 Å². The monoisotopic (exact) mass is 327 g/mol. The molecule has 0 bridgehead atoms. The van der Waals surface area contributed by atoms with Gasteiger partial charge in [-0.05, 0) is 92.1 Å². The lowest BCUT2D eigenvalue weighted by molar-refractivity contribution is 0.258. The van der Waals surface area contributed by atoms with Crippen molar-refractivity contribution >= 4 is 0 Å². The summed E-state index contributed by atoms with van der Waals surface area (Å²) in [6.45, 7) is 7.23. The van der Waals surface area contributed by atoms with Crippen LogP contribution in [-0.4, -0.2) is 6.04 Å². The van der Waals surface area contributed by atoms with E-state index in [9.17, 15) is 0 Å². The van der Waals surface area contributed by atoms with Crippen LogP contribution in [0.2, 0.25) is 0 Å². The maximum absolute atomic E-state index is 6.09. The first-order valence-corrected chi connectivity index (χ1v) is 10.4. The summed E-state index contributed by atoms with van der Waals surface area (Å²) in [7, 11) is 0. The molecule has 0 spiro atoms. The van der Waals surface area contributed by atoms with E-state index in [-0.39, 0.29) is 0 Å². The van der Waals surface area contributed by atoms with Crippen LogP contribution >= 0.6 is 0 Å². The van der Waals surface area contributed by atoms with Gasteiger partial charge in [-0.2, -0.15) is 0 Å². The van der Waals surface area contributed by atoms with E-state index in [2.05, 4.69) is 45.0 Å². The molecule has 2 N–H and O–H groups in total. The van der Waals surface area contributed by atoms with Crippen molar-refractivity contribution in [1.82, 2.24) is 0 Å². The van der Waals surface area contributed by atoms with Crippen LogP contribution in [0.15, 0.2) is 24.3 Å². The van der Waals surface area contributed by atoms with Gasteiger partial charge in [-0.25, -0.2) is 0 Å². The zero-order valence-electron chi connectivity index (χ0n) is 16.0. The maximum Gasteiger partial charge on any atom is 0.00390 e. The van der Waals surface area contributed by atoms with Crippen LogP contribution in [-0.2, 0) is 0 Å². The van der Waals surface area contributed by atoms with Gasteiger partial charge in [-0.3, -0.25) is 0 Å². The molecule has 0 aliphatic heterocycles. The van der Waals surface area contributed by atoms with Crippen molar-refractivity contribution in [2.45, 2.75) is 90.0 Å². The molecule has 2 saturated carbocycles. The molecule has 0 amide bonds. The molecular formula is C23H37N. The summed E-state index contributed by atoms with van der Waals surface area (Å²) in [5.41, 5.74) is 9.26. The second-order valence-corrected chi connectivity index (χ2v) is 8.99. The Kier molecular flexibility index (Phi) is 6.02. The van der Waals surface area contributed by atoms with Gasteiger partial charge in [0.2, 0.25) is 0 Å². The first kappa shape index (κ1) is 18.0. The number of rotatable bonds is 4. The summed E-state index contributed by atoms with van der Waals surface area (Å²) < 4.78 is 0. The minimum absolute atomic E-state index is 0.455. The van der Waals surface area contributed by atoms with Crippen LogP contribution in [0.4, 0.5) is 0 Å². The van der Waals surface area contributed by atoms with Crippen molar-refractivity contribution in [2.24, 2.45) is 23.5 Å². The van der Waals surface area contributed by atoms with E-state index in [4.69, 9.17) is 5.73 Å². The molecule has 24 heavy (non-hydrogen) atoms. The van der Waals surface area contributed by atoms with Gasteiger partial charge in [0.05, 0.1) is 0 Å². The van der Waals surface area contributed by atoms with E-state index in [1.807, 2.05) is 0 Å². The molecular weight excluding hydrogens is 290 g/mol. The Hall–Kier alpha value is -0.820. The van der Waals surface area contributed by atoms with Crippen LogP contribution in [0.25, 0.3) is 0 Å². The second-order valence-electron chi connectivity index (χ2n) is 8.99. The van der Waals surface area contributed by atoms with Gasteiger partial charge in [0.1, 0.15) is 0 Å². The van der Waals surface area contributed by atoms with Gasteiger partial charge in [0.25, 0.3) is 0 Å². The fourth-order valence-electron chi connectivity index (χ4n) is 5.13. The molecule has 0 saturated heterocycles. The zero-order chi connectivity index (χ0) is 17.1. The van der Waals surface area contributed by atoms with E-state index in [0.29, 0.717) is 12.0 Å². The first-order valence-electron chi connectivity index (χ1n) is 10.4. The van der Waals surface area contributed by atoms with E-state index in [1.165, 1.54) is 51.4 Å². The molecule has 0 heterocycles. The quantitative estimate of drug-likeness (QED) is 0.696. The number of hydrogen-bond acceptors (Lipinski definition) is 1. The molecule has 1 unspecified atom stereocenters. The molecule has 1 atom stereocenters. The lowest BCUT2D eigenvalue weighted by Crippen LogP contribution is -2.28. The predicted molar refractivity (Wildman–Crippen MR) is 104 cm³/mol. The lowest BCUT2D eigenvalue weighted by atomic mass is 9.73. The molecule has 2 fully saturated rings. The molecule has 2 aliphatic carbocycles. The Morgan fingerprint density at radius 2 is 1.46 bits per heavy atom. The van der Waals surface area contributed by atoms with Crippen molar-refractivity contribution in [3.8, 4) is 0 Å². The highest BCUT2D eigenvalue weighted by molar-refractivity contribution is 5.29. The van der Waals surface area contributed by atoms with E-state index >= 15 is 0 Å². The van der Waals surface area contributed by atoms with Crippen LogP contribution in [0.5, 0.6) is 0 Å². The third kappa shape index (κ3) is 4.23. The van der Waals surface area contributed by atoms with E-state index < -0.39 is 0 Å². The van der Waals surface area contributed by atoms with Crippen LogP contribution in [0, 0.1) is 17.8 Å². The minimum atomic E-state index is 0.455. The topological polar surface area (TPSA) is 26.0 Å². The third-order valence-electron chi connectivity index (χ3n) is 7.15. The van der Waals surface area contributed by atoms with Gasteiger partial charge in [0, 0.05) is 6.04 Å². The Morgan fingerprint density at radius 1 is 0.833 bits per heavy atom. The highest BCUT2D eigenvalue weighted by Gasteiger charge is 2.27. The highest BCUT2D eigenvalue weighted by atomic mass is 14.6. The first-order chi connectivity index (χ1) is 11.5. The summed E-state index contributed by atoms with van der Waals surface area (Å²) in [5, 5.41) is 0. The molecule has 134 valence electrons. The summed E-state index contributed by atoms with van der Waals surface area (Å²) in [6, 6.07) is 10.1. The minimum Gasteiger partial charge on any atom is -0.328 e. The second kappa shape index (κ2) is 8.04. The molecule has 1 aromatic rings.